The summed E-state index contributed by atoms with van der Waals surface area (Å²) < 4.78 is 0. The molecular weight excluding hydrogens is 270 g/mol. The van der Waals surface area contributed by atoms with E-state index in [0.717, 1.165) is 11.6 Å². The molecule has 1 aromatic heterocycles. The third kappa shape index (κ3) is 3.11. The van der Waals surface area contributed by atoms with E-state index in [1.165, 1.54) is 0 Å². The number of amides is 1. The van der Waals surface area contributed by atoms with Gasteiger partial charge in [0.05, 0.1) is 0 Å². The van der Waals surface area contributed by atoms with Crippen LogP contribution in [0.4, 0.5) is 5.69 Å². The lowest BCUT2D eigenvalue weighted by Gasteiger charge is -2.08. The molecule has 2 aromatic rings. The van der Waals surface area contributed by atoms with Gasteiger partial charge in [-0.05, 0) is 24.6 Å². The fourth-order valence-corrected chi connectivity index (χ4v) is 1.68. The van der Waals surface area contributed by atoms with Crippen LogP contribution in [-0.2, 0) is 0 Å². The number of halogens is 1. The number of nitrogens with one attached hydrogen (secondary N) is 3. The van der Waals surface area contributed by atoms with Crippen LogP contribution in [0, 0.1) is 6.92 Å². The number of hydrogen-bond acceptors (Lipinski definition) is 3. The predicted molar refractivity (Wildman–Crippen MR) is 71.8 cm³/mol. The largest absolute Gasteiger partial charge is 0.326 e. The van der Waals surface area contributed by atoms with E-state index >= 15 is 0 Å². The van der Waals surface area contributed by atoms with E-state index in [9.17, 15) is 14.4 Å². The van der Waals surface area contributed by atoms with Crippen LogP contribution in [0.3, 0.4) is 0 Å². The van der Waals surface area contributed by atoms with E-state index in [1.54, 1.807) is 25.1 Å². The Labute approximate surface area is 112 Å². The molecule has 0 unspecified atom stereocenters. The first kappa shape index (κ1) is 13.1. The number of benzene rings is 1. The first-order chi connectivity index (χ1) is 8.95. The molecular formula is C12H10ClN3O3. The van der Waals surface area contributed by atoms with Crippen LogP contribution < -0.4 is 16.6 Å². The topological polar surface area (TPSA) is 94.8 Å². The molecule has 1 amide bonds. The molecule has 0 radical (unpaired) electrons. The lowest BCUT2D eigenvalue weighted by molar-refractivity contribution is 0.102. The lowest BCUT2D eigenvalue weighted by Crippen LogP contribution is -2.27. The Morgan fingerprint density at radius 2 is 1.95 bits per heavy atom. The van der Waals surface area contributed by atoms with Gasteiger partial charge >= 0.3 is 5.69 Å². The van der Waals surface area contributed by atoms with Crippen LogP contribution in [0.2, 0.25) is 5.02 Å². The highest BCUT2D eigenvalue weighted by Crippen LogP contribution is 2.20. The Balaban J connectivity index is 2.33. The summed E-state index contributed by atoms with van der Waals surface area (Å²) in [6.07, 6.45) is 0. The molecule has 0 bridgehead atoms. The summed E-state index contributed by atoms with van der Waals surface area (Å²) in [6, 6.07) is 6.04. The molecule has 0 atom stereocenters. The third-order valence-corrected chi connectivity index (χ3v) is 2.69. The first-order valence-electron chi connectivity index (χ1n) is 5.37. The number of rotatable bonds is 2. The van der Waals surface area contributed by atoms with Crippen molar-refractivity contribution < 1.29 is 4.79 Å². The van der Waals surface area contributed by atoms with Crippen LogP contribution in [0.5, 0.6) is 0 Å². The molecule has 98 valence electrons. The minimum atomic E-state index is -0.736. The third-order valence-electron chi connectivity index (χ3n) is 2.45. The van der Waals surface area contributed by atoms with Gasteiger partial charge in [-0.2, -0.15) is 0 Å². The van der Waals surface area contributed by atoms with Gasteiger partial charge in [-0.3, -0.25) is 14.6 Å². The van der Waals surface area contributed by atoms with Crippen LogP contribution in [0.25, 0.3) is 0 Å². The summed E-state index contributed by atoms with van der Waals surface area (Å²) >= 11 is 5.83. The average molecular weight is 280 g/mol. The quantitative estimate of drug-likeness (QED) is 0.773. The second-order valence-electron chi connectivity index (χ2n) is 3.91. The SMILES string of the molecule is Cc1ccc(Cl)cc1NC(=O)c1cc(=O)[nH]c(=O)[nH]1. The molecule has 1 aromatic carbocycles. The number of carbonyl (C=O) groups excluding carboxylic acids is 1. The Hall–Kier alpha value is -2.34. The predicted octanol–water partition coefficient (Wildman–Crippen LogP) is 1.28. The summed E-state index contributed by atoms with van der Waals surface area (Å²) in [7, 11) is 0. The summed E-state index contributed by atoms with van der Waals surface area (Å²) in [5.41, 5.74) is -0.172. The van der Waals surface area contributed by atoms with Crippen molar-refractivity contribution in [2.75, 3.05) is 5.32 Å². The molecule has 0 saturated carbocycles. The highest BCUT2D eigenvalue weighted by molar-refractivity contribution is 6.31. The van der Waals surface area contributed by atoms with E-state index in [2.05, 4.69) is 10.3 Å². The molecule has 2 rings (SSSR count). The molecule has 19 heavy (non-hydrogen) atoms. The van der Waals surface area contributed by atoms with E-state index in [1.807, 2.05) is 4.98 Å². The maximum absolute atomic E-state index is 11.9. The Morgan fingerprint density at radius 1 is 1.21 bits per heavy atom. The van der Waals surface area contributed by atoms with Crippen LogP contribution in [0.15, 0.2) is 33.9 Å². The van der Waals surface area contributed by atoms with Gasteiger partial charge in [0.2, 0.25) is 0 Å². The molecule has 7 heteroatoms. The van der Waals surface area contributed by atoms with E-state index < -0.39 is 17.2 Å². The van der Waals surface area contributed by atoms with Gasteiger partial charge in [0.1, 0.15) is 5.69 Å². The normalized spacial score (nSPS) is 10.2. The fraction of sp³-hybridized carbons (Fsp3) is 0.0833. The lowest BCUT2D eigenvalue weighted by atomic mass is 10.2. The zero-order chi connectivity index (χ0) is 14.0. The van der Waals surface area contributed by atoms with Crippen LogP contribution in [-0.4, -0.2) is 15.9 Å². The van der Waals surface area contributed by atoms with Crippen LogP contribution >= 0.6 is 11.6 Å². The van der Waals surface area contributed by atoms with Gasteiger partial charge in [0.25, 0.3) is 11.5 Å². The van der Waals surface area contributed by atoms with Crippen molar-refractivity contribution in [2.24, 2.45) is 0 Å². The molecule has 0 aliphatic heterocycles. The van der Waals surface area contributed by atoms with Crippen molar-refractivity contribution in [3.05, 3.63) is 61.4 Å². The second kappa shape index (κ2) is 5.11. The number of hydrogen-bond donors (Lipinski definition) is 3. The van der Waals surface area contributed by atoms with Gasteiger partial charge in [0, 0.05) is 16.8 Å². The van der Waals surface area contributed by atoms with Crippen molar-refractivity contribution >= 4 is 23.2 Å². The van der Waals surface area contributed by atoms with Gasteiger partial charge < -0.3 is 10.3 Å². The number of aryl methyl sites for hydroxylation is 1. The molecule has 1 heterocycles. The number of carbonyl (C=O) groups is 1. The Kier molecular flexibility index (Phi) is 3.52. The zero-order valence-electron chi connectivity index (χ0n) is 9.91. The van der Waals surface area contributed by atoms with Crippen molar-refractivity contribution in [1.82, 2.24) is 9.97 Å². The van der Waals surface area contributed by atoms with Crippen molar-refractivity contribution in [3.63, 3.8) is 0 Å². The highest BCUT2D eigenvalue weighted by atomic mass is 35.5. The summed E-state index contributed by atoms with van der Waals surface area (Å²) in [5.74, 6) is -0.589. The molecule has 0 aliphatic carbocycles. The minimum Gasteiger partial charge on any atom is -0.320 e. The molecule has 0 spiro atoms. The van der Waals surface area contributed by atoms with Gasteiger partial charge in [0.15, 0.2) is 0 Å². The van der Waals surface area contributed by atoms with Crippen LogP contribution in [0.1, 0.15) is 16.1 Å². The van der Waals surface area contributed by atoms with E-state index in [0.29, 0.717) is 10.7 Å². The molecule has 0 saturated heterocycles. The molecule has 6 nitrogen and oxygen atoms in total. The maximum atomic E-state index is 11.9. The number of aromatic amines is 2. The van der Waals surface area contributed by atoms with E-state index in [4.69, 9.17) is 11.6 Å². The van der Waals surface area contributed by atoms with Gasteiger partial charge in [-0.1, -0.05) is 17.7 Å². The highest BCUT2D eigenvalue weighted by Gasteiger charge is 2.10. The number of aromatic nitrogens is 2. The summed E-state index contributed by atoms with van der Waals surface area (Å²) in [5, 5.41) is 3.05. The number of H-pyrrole nitrogens is 2. The number of anilines is 1. The van der Waals surface area contributed by atoms with Gasteiger partial charge in [-0.15, -0.1) is 0 Å². The first-order valence-corrected chi connectivity index (χ1v) is 5.74. The fourth-order valence-electron chi connectivity index (χ4n) is 1.51. The summed E-state index contributed by atoms with van der Waals surface area (Å²) in [6.45, 7) is 1.80. The molecule has 3 N–H and O–H groups in total. The molecule has 0 fully saturated rings. The maximum Gasteiger partial charge on any atom is 0.326 e. The Morgan fingerprint density at radius 3 is 2.63 bits per heavy atom. The molecule has 0 aliphatic rings. The second-order valence-corrected chi connectivity index (χ2v) is 4.35. The van der Waals surface area contributed by atoms with Gasteiger partial charge in [-0.25, -0.2) is 4.79 Å². The monoisotopic (exact) mass is 279 g/mol. The van der Waals surface area contributed by atoms with E-state index in [-0.39, 0.29) is 5.69 Å². The zero-order valence-corrected chi connectivity index (χ0v) is 10.7. The van der Waals surface area contributed by atoms with Crippen molar-refractivity contribution in [1.29, 1.82) is 0 Å². The summed E-state index contributed by atoms with van der Waals surface area (Å²) in [4.78, 5) is 38.3. The smallest absolute Gasteiger partial charge is 0.320 e. The standard InChI is InChI=1S/C12H10ClN3O3/c1-6-2-3-7(13)4-8(6)14-11(18)9-5-10(17)16-12(19)15-9/h2-5H,1H3,(H,14,18)(H2,15,16,17,19). The van der Waals surface area contributed by atoms with Crippen molar-refractivity contribution in [3.8, 4) is 0 Å². The van der Waals surface area contributed by atoms with Crippen molar-refractivity contribution in [2.45, 2.75) is 6.92 Å². The Bertz CT molecular complexity index is 720. The minimum absolute atomic E-state index is 0.117. The average Bonchev–Trinajstić information content (AvgIpc) is 2.32.